The normalized spacial score (nSPS) is 6.83. The SMILES string of the molecule is CC(=N)N.CC(=N)N.CC(=N)N.CC(=N)N.CC(=O)C(=O)[O-].CC(=O)C(=O)[O-].CC(=O)C(=O)[O-].CC(=O)C(=O)[O-].[Ti+4]. The van der Waals surface area contributed by atoms with Crippen LogP contribution in [-0.2, 0) is 60.1 Å². The van der Waals surface area contributed by atoms with E-state index in [4.69, 9.17) is 44.6 Å². The maximum atomic E-state index is 9.48. The number of rotatable bonds is 4. The molecule has 0 aliphatic heterocycles. The molecule has 0 unspecified atom stereocenters. The van der Waals surface area contributed by atoms with Gasteiger partial charge < -0.3 is 62.5 Å². The molecule has 0 spiro atoms. The second kappa shape index (κ2) is 42.3. The molecule has 0 aliphatic rings. The number of amidine groups is 4. The summed E-state index contributed by atoms with van der Waals surface area (Å²) in [6, 6.07) is 0. The third kappa shape index (κ3) is 311. The molecule has 0 rings (SSSR count). The minimum Gasteiger partial charge on any atom is -0.542 e. The largest absolute Gasteiger partial charge is 4.00 e. The number of aliphatic carboxylic acids is 4. The summed E-state index contributed by atoms with van der Waals surface area (Å²) in [7, 11) is 0. The van der Waals surface area contributed by atoms with Crippen LogP contribution in [0.3, 0.4) is 0 Å². The van der Waals surface area contributed by atoms with Gasteiger partial charge in [0.15, 0.2) is 23.1 Å². The summed E-state index contributed by atoms with van der Waals surface area (Å²) in [5.74, 6) is -9.59. The van der Waals surface area contributed by atoms with Crippen molar-refractivity contribution in [2.75, 3.05) is 0 Å². The molecule has 0 aromatic heterocycles. The van der Waals surface area contributed by atoms with E-state index in [1.165, 1.54) is 27.7 Å². The van der Waals surface area contributed by atoms with E-state index in [0.29, 0.717) is 0 Å². The molecule has 12 N–H and O–H groups in total. The number of carbonyl (C=O) groups is 8. The van der Waals surface area contributed by atoms with Gasteiger partial charge in [0, 0.05) is 27.7 Å². The number of ketones is 4. The molecule has 0 fully saturated rings. The van der Waals surface area contributed by atoms with Crippen LogP contribution in [0.2, 0.25) is 0 Å². The van der Waals surface area contributed by atoms with Gasteiger partial charge in [-0.2, -0.15) is 0 Å². The van der Waals surface area contributed by atoms with Crippen LogP contribution >= 0.6 is 0 Å². The summed E-state index contributed by atoms with van der Waals surface area (Å²) in [6.07, 6.45) is 0. The van der Waals surface area contributed by atoms with E-state index < -0.39 is 47.0 Å². The summed E-state index contributed by atoms with van der Waals surface area (Å²) in [5, 5.41) is 62.1. The molecule has 0 saturated heterocycles. The van der Waals surface area contributed by atoms with Gasteiger partial charge in [0.1, 0.15) is 23.9 Å². The van der Waals surface area contributed by atoms with Crippen molar-refractivity contribution in [3.8, 4) is 0 Å². The standard InChI is InChI=1S/4C3H4O3.4C2H6N2.Ti/c4*1-2(4)3(5)6;4*1-2(3)4;/h4*1H3,(H,5,6);4*1H3,(H3,3,4);/q;;;;;;;;+4/p-4. The number of hydrogen-bond acceptors (Lipinski definition) is 16. The Morgan fingerprint density at radius 3 is 0.390 bits per heavy atom. The number of carboxylic acid groups (broad SMARTS) is 4. The van der Waals surface area contributed by atoms with Gasteiger partial charge in [0.05, 0.1) is 23.3 Å². The number of nitrogens with two attached hydrogens (primary N) is 4. The van der Waals surface area contributed by atoms with Crippen LogP contribution in [0.1, 0.15) is 55.4 Å². The summed E-state index contributed by atoms with van der Waals surface area (Å²) in [5.41, 5.74) is 18.8. The van der Waals surface area contributed by atoms with Crippen molar-refractivity contribution in [2.24, 2.45) is 22.9 Å². The molecule has 0 saturated carbocycles. The van der Waals surface area contributed by atoms with Crippen molar-refractivity contribution >= 4 is 70.4 Å². The fourth-order valence-electron chi connectivity index (χ4n) is 0. The Hall–Kier alpha value is -4.85. The first kappa shape index (κ1) is 60.6. The molecule has 0 aliphatic carbocycles. The van der Waals surface area contributed by atoms with Crippen molar-refractivity contribution < 1.29 is 80.5 Å². The summed E-state index contributed by atoms with van der Waals surface area (Å²) in [4.78, 5) is 74.9. The molecular formula is C20H36N8O12Ti. The first-order chi connectivity index (χ1) is 17.5. The first-order valence-corrected chi connectivity index (χ1v) is 9.60. The summed E-state index contributed by atoms with van der Waals surface area (Å²) >= 11 is 0. The molecule has 0 amide bonds. The van der Waals surface area contributed by atoms with E-state index in [-0.39, 0.29) is 45.1 Å². The van der Waals surface area contributed by atoms with Gasteiger partial charge in [-0.25, -0.2) is 0 Å². The summed E-state index contributed by atoms with van der Waals surface area (Å²) < 4.78 is 0. The molecule has 41 heavy (non-hydrogen) atoms. The molecular weight excluding hydrogens is 592 g/mol. The van der Waals surface area contributed by atoms with E-state index >= 15 is 0 Å². The van der Waals surface area contributed by atoms with Crippen LogP contribution in [0.25, 0.3) is 0 Å². The zero-order valence-corrected chi connectivity index (χ0v) is 25.3. The van der Waals surface area contributed by atoms with E-state index in [0.717, 1.165) is 27.7 Å². The zero-order chi connectivity index (χ0) is 34.9. The van der Waals surface area contributed by atoms with E-state index in [9.17, 15) is 58.8 Å². The molecule has 21 heteroatoms. The average Bonchev–Trinajstić information content (AvgIpc) is 2.67. The van der Waals surface area contributed by atoms with Crippen LogP contribution in [0.4, 0.5) is 0 Å². The van der Waals surface area contributed by atoms with Gasteiger partial charge in [-0.15, -0.1) is 0 Å². The van der Waals surface area contributed by atoms with E-state index in [2.05, 4.69) is 0 Å². The van der Waals surface area contributed by atoms with Gasteiger partial charge in [0.2, 0.25) is 0 Å². The van der Waals surface area contributed by atoms with Crippen LogP contribution in [-0.4, -0.2) is 70.4 Å². The molecule has 232 valence electrons. The minimum atomic E-state index is -1.63. The summed E-state index contributed by atoms with van der Waals surface area (Å²) in [6.45, 7) is 9.87. The van der Waals surface area contributed by atoms with Gasteiger partial charge in [-0.1, -0.05) is 0 Å². The Bertz CT molecular complexity index is 699. The number of carboxylic acids is 4. The van der Waals surface area contributed by atoms with E-state index in [1.54, 1.807) is 0 Å². The van der Waals surface area contributed by atoms with Crippen LogP contribution in [0, 0.1) is 21.6 Å². The monoisotopic (exact) mass is 628 g/mol. The first-order valence-electron chi connectivity index (χ1n) is 9.60. The van der Waals surface area contributed by atoms with Crippen LogP contribution in [0.15, 0.2) is 0 Å². The third-order valence-corrected chi connectivity index (χ3v) is 1.15. The Kier molecular flexibility index (Phi) is 62.4. The molecule has 0 aromatic rings. The smallest absolute Gasteiger partial charge is 0.542 e. The maximum absolute atomic E-state index is 9.48. The maximum Gasteiger partial charge on any atom is 4.00 e. The predicted octanol–water partition coefficient (Wildman–Crippen LogP) is -6.93. The van der Waals surface area contributed by atoms with Crippen molar-refractivity contribution in [1.82, 2.24) is 0 Å². The third-order valence-electron chi connectivity index (χ3n) is 1.15. The van der Waals surface area contributed by atoms with Crippen molar-refractivity contribution in [3.63, 3.8) is 0 Å². The topological polar surface area (TPSA) is 428 Å². The molecule has 0 atom stereocenters. The van der Waals surface area contributed by atoms with Crippen LogP contribution in [0.5, 0.6) is 0 Å². The molecule has 0 aromatic carbocycles. The Labute approximate surface area is 250 Å². The van der Waals surface area contributed by atoms with Crippen molar-refractivity contribution in [3.05, 3.63) is 0 Å². The van der Waals surface area contributed by atoms with Gasteiger partial charge in [-0.3, -0.25) is 40.8 Å². The number of nitrogens with one attached hydrogen (secondary N) is 4. The Balaban J connectivity index is -0.0000000409. The predicted molar refractivity (Wildman–Crippen MR) is 133 cm³/mol. The minimum absolute atomic E-state index is 0. The van der Waals surface area contributed by atoms with Crippen molar-refractivity contribution in [1.29, 1.82) is 21.6 Å². The second-order valence-electron chi connectivity index (χ2n) is 6.11. The Morgan fingerprint density at radius 1 is 0.366 bits per heavy atom. The molecule has 0 radical (unpaired) electrons. The number of carbonyl (C=O) groups excluding carboxylic acids is 8. The zero-order valence-electron chi connectivity index (χ0n) is 23.7. The number of hydrogen-bond donors (Lipinski definition) is 8. The molecule has 0 bridgehead atoms. The molecule has 20 nitrogen and oxygen atoms in total. The second-order valence-corrected chi connectivity index (χ2v) is 6.11. The van der Waals surface area contributed by atoms with Crippen LogP contribution < -0.4 is 43.4 Å². The average molecular weight is 628 g/mol. The fraction of sp³-hybridized carbons (Fsp3) is 0.400. The number of Topliss-reactive ketones (excluding diaryl/α,β-unsaturated/α-hetero) is 4. The van der Waals surface area contributed by atoms with Crippen molar-refractivity contribution in [2.45, 2.75) is 55.4 Å². The Morgan fingerprint density at radius 2 is 0.390 bits per heavy atom. The van der Waals surface area contributed by atoms with Gasteiger partial charge in [-0.05, 0) is 27.7 Å². The van der Waals surface area contributed by atoms with Gasteiger partial charge >= 0.3 is 21.7 Å². The molecule has 0 heterocycles. The van der Waals surface area contributed by atoms with E-state index in [1.807, 2.05) is 0 Å². The van der Waals surface area contributed by atoms with Gasteiger partial charge in [0.25, 0.3) is 0 Å². The fourth-order valence-corrected chi connectivity index (χ4v) is 0. The quantitative estimate of drug-likeness (QED) is 0.0620.